The fraction of sp³-hybridized carbons (Fsp3) is 0.516. The van der Waals surface area contributed by atoms with E-state index in [-0.39, 0.29) is 24.3 Å². The summed E-state index contributed by atoms with van der Waals surface area (Å²) in [5.41, 5.74) is -0.492. The van der Waals surface area contributed by atoms with Gasteiger partial charge in [0.15, 0.2) is 0 Å². The van der Waals surface area contributed by atoms with Crippen LogP contribution in [0.15, 0.2) is 54.6 Å². The molecule has 3 amide bonds. The third-order valence-electron chi connectivity index (χ3n) is 9.13. The molecule has 5 rings (SSSR count). The maximum absolute atomic E-state index is 14.3. The van der Waals surface area contributed by atoms with Crippen LogP contribution in [0, 0.1) is 17.8 Å². The minimum atomic E-state index is -1.17. The van der Waals surface area contributed by atoms with E-state index in [2.05, 4.69) is 10.6 Å². The number of hydrogen-bond acceptors (Lipinski definition) is 6. The first-order valence-electron chi connectivity index (χ1n) is 14.1. The van der Waals surface area contributed by atoms with Crippen LogP contribution in [-0.4, -0.2) is 64.7 Å². The van der Waals surface area contributed by atoms with E-state index in [4.69, 9.17) is 9.47 Å². The number of fused-ring (bicyclic) bond motifs is 1. The molecule has 6 atom stereocenters. The number of carbonyl (C=O) groups excluding carboxylic acids is 3. The summed E-state index contributed by atoms with van der Waals surface area (Å²) < 4.78 is 12.0. The Balaban J connectivity index is 1.51. The molecule has 3 N–H and O–H groups in total. The number of rotatable bonds is 10. The molecule has 3 heterocycles. The first-order valence-corrected chi connectivity index (χ1v) is 14.1. The number of nitrogens with one attached hydrogen (secondary N) is 2. The Kier molecular flexibility index (Phi) is 7.63. The Bertz CT molecular complexity index is 1250. The van der Waals surface area contributed by atoms with Crippen LogP contribution in [0.4, 0.5) is 5.69 Å². The summed E-state index contributed by atoms with van der Waals surface area (Å²) in [4.78, 5) is 43.8. The summed E-state index contributed by atoms with van der Waals surface area (Å²) in [6.07, 6.45) is 1.60. The van der Waals surface area contributed by atoms with Gasteiger partial charge in [0.25, 0.3) is 0 Å². The molecule has 9 heteroatoms. The monoisotopic (exact) mass is 549 g/mol. The summed E-state index contributed by atoms with van der Waals surface area (Å²) >= 11 is 0. The highest BCUT2D eigenvalue weighted by atomic mass is 16.5. The van der Waals surface area contributed by atoms with E-state index in [1.54, 1.807) is 31.4 Å². The van der Waals surface area contributed by atoms with Crippen LogP contribution in [0.25, 0.3) is 0 Å². The lowest BCUT2D eigenvalue weighted by Crippen LogP contribution is -2.57. The molecule has 9 nitrogen and oxygen atoms in total. The lowest BCUT2D eigenvalue weighted by molar-refractivity contribution is -0.150. The van der Waals surface area contributed by atoms with Crippen LogP contribution in [0.2, 0.25) is 0 Å². The first kappa shape index (κ1) is 28.1. The lowest BCUT2D eigenvalue weighted by Gasteiger charge is -2.38. The van der Waals surface area contributed by atoms with Crippen molar-refractivity contribution in [1.82, 2.24) is 10.2 Å². The molecule has 3 aliphatic rings. The van der Waals surface area contributed by atoms with Crippen LogP contribution in [0.1, 0.15) is 45.6 Å². The first-order chi connectivity index (χ1) is 19.2. The zero-order valence-electron chi connectivity index (χ0n) is 23.6. The third kappa shape index (κ3) is 4.45. The van der Waals surface area contributed by atoms with Gasteiger partial charge < -0.3 is 30.1 Å². The van der Waals surface area contributed by atoms with E-state index in [1.807, 2.05) is 51.1 Å². The highest BCUT2D eigenvalue weighted by Crippen LogP contribution is 2.64. The number of likely N-dealkylation sites (tertiary alicyclic amines) is 1. The van der Waals surface area contributed by atoms with Crippen molar-refractivity contribution >= 4 is 23.4 Å². The Labute approximate surface area is 235 Å². The molecule has 3 fully saturated rings. The predicted molar refractivity (Wildman–Crippen MR) is 149 cm³/mol. The Morgan fingerprint density at radius 2 is 1.80 bits per heavy atom. The smallest absolute Gasteiger partial charge is 0.250 e. The molecule has 3 saturated heterocycles. The predicted octanol–water partition coefficient (Wildman–Crippen LogP) is 3.12. The maximum atomic E-state index is 14.3. The average molecular weight is 550 g/mol. The third-order valence-corrected chi connectivity index (χ3v) is 9.13. The fourth-order valence-electron chi connectivity index (χ4n) is 7.11. The highest BCUT2D eigenvalue weighted by molar-refractivity contribution is 6.04. The summed E-state index contributed by atoms with van der Waals surface area (Å²) in [5.74, 6) is -1.97. The number of ether oxygens (including phenoxy) is 2. The molecule has 1 spiro atoms. The molecule has 0 radical (unpaired) electrons. The minimum absolute atomic E-state index is 0.122. The zero-order valence-corrected chi connectivity index (χ0v) is 23.6. The van der Waals surface area contributed by atoms with E-state index in [0.717, 1.165) is 5.56 Å². The van der Waals surface area contributed by atoms with E-state index in [9.17, 15) is 19.5 Å². The number of benzene rings is 2. The number of methoxy groups -OCH3 is 1. The quantitative estimate of drug-likeness (QED) is 0.419. The van der Waals surface area contributed by atoms with Gasteiger partial charge in [-0.3, -0.25) is 14.4 Å². The van der Waals surface area contributed by atoms with Crippen LogP contribution < -0.4 is 15.4 Å². The number of anilines is 1. The number of nitrogens with zero attached hydrogens (tertiary/aromatic N) is 1. The van der Waals surface area contributed by atoms with Gasteiger partial charge in [0.2, 0.25) is 17.7 Å². The average Bonchev–Trinajstić information content (AvgIpc) is 3.57. The Hall–Kier alpha value is -3.43. The number of aliphatic hydroxyl groups is 1. The second-order valence-electron chi connectivity index (χ2n) is 11.5. The molecule has 0 aromatic heterocycles. The van der Waals surface area contributed by atoms with Gasteiger partial charge in [0, 0.05) is 12.2 Å². The van der Waals surface area contributed by atoms with E-state index < -0.39 is 41.0 Å². The van der Waals surface area contributed by atoms with Crippen LogP contribution >= 0.6 is 0 Å². The van der Waals surface area contributed by atoms with Crippen molar-refractivity contribution in [3.8, 4) is 5.75 Å². The zero-order chi connectivity index (χ0) is 28.7. The van der Waals surface area contributed by atoms with Crippen molar-refractivity contribution in [1.29, 1.82) is 0 Å². The highest BCUT2D eigenvalue weighted by Gasteiger charge is 2.79. The van der Waals surface area contributed by atoms with Gasteiger partial charge >= 0.3 is 0 Å². The molecule has 3 aliphatic heterocycles. The Morgan fingerprint density at radius 3 is 2.40 bits per heavy atom. The molecule has 2 bridgehead atoms. The largest absolute Gasteiger partial charge is 0.497 e. The van der Waals surface area contributed by atoms with Crippen molar-refractivity contribution in [2.75, 3.05) is 19.0 Å². The van der Waals surface area contributed by atoms with E-state index in [0.29, 0.717) is 37.2 Å². The van der Waals surface area contributed by atoms with Crippen molar-refractivity contribution in [3.05, 3.63) is 60.2 Å². The summed E-state index contributed by atoms with van der Waals surface area (Å²) in [5, 5.41) is 16.4. The van der Waals surface area contributed by atoms with Gasteiger partial charge in [-0.15, -0.1) is 0 Å². The molecule has 40 heavy (non-hydrogen) atoms. The van der Waals surface area contributed by atoms with Crippen molar-refractivity contribution in [3.63, 3.8) is 0 Å². The second kappa shape index (κ2) is 10.9. The Morgan fingerprint density at radius 1 is 1.10 bits per heavy atom. The standard InChI is InChI=1S/C31H39N3O6/c1-5-30-15-16-31(40-30)25(24(30)27(36)32-17-20-9-7-6-8-10-20)29(38)34(23(18-35)19(2)3)26(31)28(37)33-21-11-13-22(39-4)14-12-21/h6-14,19,23-26,35H,5,15-18H2,1-4H3,(H,32,36)(H,33,37)/t23-,24-,25-,26?,30+,31?/m0/s1. The van der Waals surface area contributed by atoms with E-state index in [1.165, 1.54) is 4.90 Å². The summed E-state index contributed by atoms with van der Waals surface area (Å²) in [6.45, 7) is 5.82. The molecule has 2 aromatic rings. The molecule has 2 aromatic carbocycles. The number of hydrogen-bond donors (Lipinski definition) is 3. The fourth-order valence-corrected chi connectivity index (χ4v) is 7.11. The van der Waals surface area contributed by atoms with E-state index >= 15 is 0 Å². The minimum Gasteiger partial charge on any atom is -0.497 e. The molecule has 214 valence electrons. The number of amides is 3. The van der Waals surface area contributed by atoms with Gasteiger partial charge in [-0.05, 0) is 55.0 Å². The van der Waals surface area contributed by atoms with Crippen molar-refractivity contribution in [2.24, 2.45) is 17.8 Å². The van der Waals surface area contributed by atoms with Crippen LogP contribution in [0.5, 0.6) is 5.75 Å². The van der Waals surface area contributed by atoms with Crippen molar-refractivity contribution in [2.45, 2.75) is 69.9 Å². The van der Waals surface area contributed by atoms with Gasteiger partial charge in [-0.2, -0.15) is 0 Å². The van der Waals surface area contributed by atoms with Gasteiger partial charge in [-0.1, -0.05) is 51.1 Å². The molecule has 0 saturated carbocycles. The van der Waals surface area contributed by atoms with Gasteiger partial charge in [0.05, 0.1) is 37.2 Å². The van der Waals surface area contributed by atoms with Gasteiger partial charge in [-0.25, -0.2) is 0 Å². The normalized spacial score (nSPS) is 29.4. The lowest BCUT2D eigenvalue weighted by atomic mass is 9.65. The summed E-state index contributed by atoms with van der Waals surface area (Å²) in [7, 11) is 1.57. The molecular weight excluding hydrogens is 510 g/mol. The van der Waals surface area contributed by atoms with Gasteiger partial charge in [0.1, 0.15) is 17.4 Å². The molecule has 2 unspecified atom stereocenters. The molecular formula is C31H39N3O6. The van der Waals surface area contributed by atoms with Crippen LogP contribution in [-0.2, 0) is 25.7 Å². The summed E-state index contributed by atoms with van der Waals surface area (Å²) in [6, 6.07) is 15.0. The maximum Gasteiger partial charge on any atom is 0.250 e. The van der Waals surface area contributed by atoms with Crippen LogP contribution in [0.3, 0.4) is 0 Å². The second-order valence-corrected chi connectivity index (χ2v) is 11.5. The number of aliphatic hydroxyl groups excluding tert-OH is 1. The molecule has 0 aliphatic carbocycles. The SMILES string of the molecule is CC[C@]12CCC3(O1)C(C(=O)Nc1ccc(OC)cc1)N([C@@H](CO)C(C)C)C(=O)[C@@H]3[C@H]2C(=O)NCc1ccccc1. The van der Waals surface area contributed by atoms with Crippen molar-refractivity contribution < 1.29 is 29.0 Å². The topological polar surface area (TPSA) is 117 Å². The number of carbonyl (C=O) groups is 3.